The van der Waals surface area contributed by atoms with Crippen LogP contribution in [0.4, 0.5) is 0 Å². The molecule has 0 aliphatic heterocycles. The van der Waals surface area contributed by atoms with E-state index in [0.29, 0.717) is 51.3 Å². The van der Waals surface area contributed by atoms with Gasteiger partial charge in [-0.25, -0.2) is 0 Å². The molecule has 0 amide bonds. The Morgan fingerprint density at radius 1 is 0.593 bits per heavy atom. The third-order valence-corrected chi connectivity index (χ3v) is 20.2. The van der Waals surface area contributed by atoms with Crippen LogP contribution in [-0.4, -0.2) is 16.2 Å². The van der Waals surface area contributed by atoms with Crippen LogP contribution in [0.1, 0.15) is 182 Å². The van der Waals surface area contributed by atoms with Crippen molar-refractivity contribution in [3.05, 3.63) is 290 Å². The van der Waals surface area contributed by atoms with E-state index >= 15 is 0 Å². The van der Waals surface area contributed by atoms with Gasteiger partial charge in [-0.3, -0.25) is 5.73 Å². The summed E-state index contributed by atoms with van der Waals surface area (Å²) in [5.41, 5.74) is 17.9. The summed E-state index contributed by atoms with van der Waals surface area (Å²) < 4.78 is 26.3. The molecule has 91 heavy (non-hydrogen) atoms. The molecule has 2 aliphatic carbocycles. The van der Waals surface area contributed by atoms with Gasteiger partial charge in [0.2, 0.25) is 0 Å². The zero-order valence-electron chi connectivity index (χ0n) is 54.8. The summed E-state index contributed by atoms with van der Waals surface area (Å²) in [4.78, 5) is -0.588. The van der Waals surface area contributed by atoms with Crippen LogP contribution in [0.5, 0.6) is 34.5 Å². The molecule has 0 fully saturated rings. The Morgan fingerprint density at radius 3 is 1.59 bits per heavy atom. The van der Waals surface area contributed by atoms with E-state index in [1.165, 1.54) is 33.4 Å². The highest BCUT2D eigenvalue weighted by molar-refractivity contribution is 6.31. The Labute approximate surface area is 550 Å². The van der Waals surface area contributed by atoms with Gasteiger partial charge in [0.1, 0.15) is 52.2 Å². The lowest BCUT2D eigenvalue weighted by Crippen LogP contribution is -2.42. The zero-order chi connectivity index (χ0) is 65.3. The van der Waals surface area contributed by atoms with E-state index < -0.39 is 27.0 Å². The molecular formula is C82H83Cl2N3O4. The Balaban J connectivity index is 0.822. The van der Waals surface area contributed by atoms with Crippen molar-refractivity contribution in [1.29, 1.82) is 10.5 Å². The van der Waals surface area contributed by atoms with E-state index in [0.717, 1.165) is 52.0 Å². The van der Waals surface area contributed by atoms with Crippen molar-refractivity contribution in [2.75, 3.05) is 0 Å². The fourth-order valence-electron chi connectivity index (χ4n) is 12.9. The molecule has 0 bridgehead atoms. The van der Waals surface area contributed by atoms with Gasteiger partial charge in [0.15, 0.2) is 5.72 Å². The maximum Gasteiger partial charge on any atom is 0.159 e. The molecule has 10 rings (SSSR count). The van der Waals surface area contributed by atoms with Gasteiger partial charge in [-0.05, 0) is 188 Å². The summed E-state index contributed by atoms with van der Waals surface area (Å²) in [6.45, 7) is 27.0. The molecular weight excluding hydrogens is 1160 g/mol. The topological polar surface area (TPSA) is 111 Å². The fourth-order valence-corrected chi connectivity index (χ4v) is 13.3. The van der Waals surface area contributed by atoms with Crippen LogP contribution in [0.25, 0.3) is 5.57 Å². The van der Waals surface area contributed by atoms with E-state index in [2.05, 4.69) is 184 Å². The molecule has 8 aromatic rings. The predicted molar refractivity (Wildman–Crippen MR) is 373 cm³/mol. The predicted octanol–water partition coefficient (Wildman–Crippen LogP) is 21.5. The van der Waals surface area contributed by atoms with Crippen molar-refractivity contribution in [2.24, 2.45) is 5.73 Å². The van der Waals surface area contributed by atoms with Crippen molar-refractivity contribution < 1.29 is 18.9 Å². The molecule has 0 heterocycles. The number of benzene rings is 8. The van der Waals surface area contributed by atoms with Gasteiger partial charge in [-0.15, -0.1) is 11.6 Å². The highest BCUT2D eigenvalue weighted by atomic mass is 35.5. The number of fused-ring (bicyclic) bond motifs is 2. The third-order valence-electron chi connectivity index (χ3n) is 19.5. The molecule has 0 saturated carbocycles. The molecule has 7 nitrogen and oxygen atoms in total. The third kappa shape index (κ3) is 12.9. The summed E-state index contributed by atoms with van der Waals surface area (Å²) in [7, 11) is 0. The van der Waals surface area contributed by atoms with E-state index in [4.69, 9.17) is 47.9 Å². The Hall–Kier alpha value is -8.56. The first-order valence-corrected chi connectivity index (χ1v) is 32.2. The van der Waals surface area contributed by atoms with Crippen LogP contribution in [-0.2, 0) is 21.7 Å². The van der Waals surface area contributed by atoms with Crippen molar-refractivity contribution in [3.63, 3.8) is 0 Å². The lowest BCUT2D eigenvalue weighted by atomic mass is 9.65. The molecule has 2 aliphatic rings. The van der Waals surface area contributed by atoms with Crippen molar-refractivity contribution in [2.45, 2.75) is 153 Å². The summed E-state index contributed by atoms with van der Waals surface area (Å²) in [5, 5.41) is 21.8. The summed E-state index contributed by atoms with van der Waals surface area (Å²) in [6.07, 6.45) is 12.4. The summed E-state index contributed by atoms with van der Waals surface area (Å²) in [6, 6.07) is 67.4. The monoisotopic (exact) mass is 1240 g/mol. The van der Waals surface area contributed by atoms with E-state index in [1.807, 2.05) is 131 Å². The average Bonchev–Trinajstić information content (AvgIpc) is 1.56. The van der Waals surface area contributed by atoms with Gasteiger partial charge < -0.3 is 18.9 Å². The first-order valence-electron chi connectivity index (χ1n) is 31.5. The number of ether oxygens (including phenoxy) is 4. The minimum atomic E-state index is -0.976. The standard InChI is InChI=1S/C82H83Cl2N3O4/c1-14-21-61(83)50-51-81(13,87)91-65-48-40-60(41-49-65)82(72-25-17-15-22-67(72)68-23-16-18-26-73(68)82)59-38-44-63(45-39-59)88-74-28-19-24-66(69(74)52-85)54(2)79(9,10)90-64-46-36-58(37-47-64)77(5,6)56-32-30-55(31-33-56)76(3,4)57-34-42-62(43-35-57)89-75-29-20-27-71(70(75)53-86)78(7,8)80(11,12)84/h14-17,19-25,27-50,54H,18,26,51,87H2,1-13H3/b21-14-,61-50+. The summed E-state index contributed by atoms with van der Waals surface area (Å²) >= 11 is 13.2. The van der Waals surface area contributed by atoms with Crippen molar-refractivity contribution >= 4 is 28.8 Å². The normalized spacial score (nSPS) is 16.3. The molecule has 0 saturated heterocycles. The highest BCUT2D eigenvalue weighted by Gasteiger charge is 2.48. The summed E-state index contributed by atoms with van der Waals surface area (Å²) in [5.74, 6) is 3.47. The number of nitriles is 2. The fraction of sp³-hybridized carbons (Fsp3) is 0.293. The lowest BCUT2D eigenvalue weighted by Gasteiger charge is -2.38. The van der Waals surface area contributed by atoms with Gasteiger partial charge in [0, 0.05) is 38.5 Å². The van der Waals surface area contributed by atoms with Crippen LogP contribution in [0.3, 0.4) is 0 Å². The number of nitrogens with zero attached hydrogens (tertiary/aromatic N) is 2. The number of hydrogen-bond acceptors (Lipinski definition) is 7. The van der Waals surface area contributed by atoms with E-state index in [1.54, 1.807) is 0 Å². The van der Waals surface area contributed by atoms with Gasteiger partial charge in [-0.2, -0.15) is 10.5 Å². The molecule has 0 radical (unpaired) electrons. The molecule has 0 spiro atoms. The van der Waals surface area contributed by atoms with Gasteiger partial charge in [0.25, 0.3) is 0 Å². The van der Waals surface area contributed by atoms with Gasteiger partial charge >= 0.3 is 0 Å². The van der Waals surface area contributed by atoms with Crippen LogP contribution >= 0.6 is 23.2 Å². The largest absolute Gasteiger partial charge is 0.487 e. The SMILES string of the molecule is C/C=C\C(Cl)=C/CC(C)(N)Oc1ccc(C2(c3ccc(Oc4cccc(C(C)C(C)(C)Oc5ccc(C(C)(C)c6ccc(C(C)(C)c7ccc(Oc8cccc(C(C)(C)C(C)(C)Cl)c8C#N)cc7)cc6)cc5)c4C#N)cc3)C3=C(C=CCC3)c3ccccc32)cc1. The first kappa shape index (κ1) is 65.4. The number of allylic oxidation sites excluding steroid dienone is 7. The maximum absolute atomic E-state index is 10.9. The maximum atomic E-state index is 10.9. The zero-order valence-corrected chi connectivity index (χ0v) is 56.3. The second-order valence-electron chi connectivity index (χ2n) is 27.1. The molecule has 2 N–H and O–H groups in total. The first-order chi connectivity index (χ1) is 43.2. The molecule has 0 aromatic heterocycles. The molecule has 9 heteroatoms. The minimum absolute atomic E-state index is 0.205. The van der Waals surface area contributed by atoms with Crippen LogP contribution in [0.15, 0.2) is 223 Å². The smallest absolute Gasteiger partial charge is 0.159 e. The number of halogens is 2. The molecule has 3 atom stereocenters. The lowest BCUT2D eigenvalue weighted by molar-refractivity contribution is 0.0837. The molecule has 464 valence electrons. The average molecular weight is 1250 g/mol. The van der Waals surface area contributed by atoms with E-state index in [9.17, 15) is 10.5 Å². The highest BCUT2D eigenvalue weighted by Crippen LogP contribution is 2.58. The quantitative estimate of drug-likeness (QED) is 0.0433. The molecule has 8 aromatic carbocycles. The van der Waals surface area contributed by atoms with E-state index in [-0.39, 0.29) is 16.7 Å². The van der Waals surface area contributed by atoms with Gasteiger partial charge in [-0.1, -0.05) is 206 Å². The number of alkyl halides is 1. The number of rotatable bonds is 21. The number of hydrogen-bond donors (Lipinski definition) is 1. The van der Waals surface area contributed by atoms with Crippen LogP contribution in [0, 0.1) is 22.7 Å². The Morgan fingerprint density at radius 2 is 1.07 bits per heavy atom. The number of nitrogens with two attached hydrogens (primary N) is 1. The van der Waals surface area contributed by atoms with Crippen molar-refractivity contribution in [3.8, 4) is 46.6 Å². The van der Waals surface area contributed by atoms with Crippen LogP contribution in [0.2, 0.25) is 0 Å². The second kappa shape index (κ2) is 25.6. The minimum Gasteiger partial charge on any atom is -0.487 e. The van der Waals surface area contributed by atoms with Gasteiger partial charge in [0.05, 0.1) is 16.5 Å². The Bertz CT molecular complexity index is 4190. The second-order valence-corrected chi connectivity index (χ2v) is 28.5. The Kier molecular flexibility index (Phi) is 18.4. The van der Waals surface area contributed by atoms with Crippen LogP contribution < -0.4 is 24.7 Å². The molecule has 3 unspecified atom stereocenters. The van der Waals surface area contributed by atoms with Crippen molar-refractivity contribution in [1.82, 2.24) is 0 Å².